The fourth-order valence-electron chi connectivity index (χ4n) is 1.18. The summed E-state index contributed by atoms with van der Waals surface area (Å²) in [6, 6.07) is 1.74. The van der Waals surface area contributed by atoms with E-state index in [2.05, 4.69) is 9.82 Å². The Morgan fingerprint density at radius 1 is 1.53 bits per heavy atom. The molecule has 1 aromatic rings. The number of amides is 1. The van der Waals surface area contributed by atoms with Gasteiger partial charge in [-0.15, -0.1) is 0 Å². The third-order valence-electron chi connectivity index (χ3n) is 2.49. The highest BCUT2D eigenvalue weighted by Crippen LogP contribution is 2.03. The Balaban J connectivity index is 2.45. The van der Waals surface area contributed by atoms with E-state index in [0.29, 0.717) is 13.0 Å². The monoisotopic (exact) mass is 259 g/mol. The average Bonchev–Trinajstić information content (AvgIpc) is 2.77. The fraction of sp³-hybridized carbons (Fsp3) is 0.600. The van der Waals surface area contributed by atoms with E-state index in [1.165, 1.54) is 0 Å². The van der Waals surface area contributed by atoms with Gasteiger partial charge in [-0.3, -0.25) is 14.2 Å². The molecule has 0 bridgehead atoms. The number of aryl methyl sites for hydroxylation is 1. The molecule has 0 unspecified atom stereocenters. The van der Waals surface area contributed by atoms with Gasteiger partial charge in [-0.2, -0.15) is 5.10 Å². The van der Waals surface area contributed by atoms with E-state index in [-0.39, 0.29) is 6.42 Å². The van der Waals surface area contributed by atoms with Crippen LogP contribution in [0.1, 0.15) is 26.7 Å². The highest BCUT2D eigenvalue weighted by atomic mass is 32.2. The summed E-state index contributed by atoms with van der Waals surface area (Å²) >= 11 is 0. The molecule has 0 radical (unpaired) electrons. The number of hydrogen-bond acceptors (Lipinski definition) is 4. The molecule has 7 heteroatoms. The van der Waals surface area contributed by atoms with Gasteiger partial charge in [-0.25, -0.2) is 8.42 Å². The lowest BCUT2D eigenvalue weighted by atomic mass is 10.4. The molecular formula is C10H17N3O3S. The number of carbonyl (C=O) groups is 1. The van der Waals surface area contributed by atoms with Crippen LogP contribution in [0.2, 0.25) is 0 Å². The predicted molar refractivity (Wildman–Crippen MR) is 63.7 cm³/mol. The molecule has 1 heterocycles. The van der Waals surface area contributed by atoms with E-state index in [1.54, 1.807) is 37.0 Å². The Hall–Kier alpha value is -1.37. The van der Waals surface area contributed by atoms with E-state index in [1.807, 2.05) is 0 Å². The lowest BCUT2D eigenvalue weighted by Gasteiger charge is -2.11. The zero-order valence-corrected chi connectivity index (χ0v) is 10.8. The van der Waals surface area contributed by atoms with Crippen molar-refractivity contribution in [2.45, 2.75) is 38.5 Å². The highest BCUT2D eigenvalue weighted by Gasteiger charge is 2.20. The second-order valence-electron chi connectivity index (χ2n) is 3.81. The molecule has 0 spiro atoms. The van der Waals surface area contributed by atoms with Gasteiger partial charge in [0.15, 0.2) is 0 Å². The Labute approximate surface area is 101 Å². The molecule has 0 saturated carbocycles. The van der Waals surface area contributed by atoms with Crippen molar-refractivity contribution in [3.8, 4) is 0 Å². The third-order valence-corrected chi connectivity index (χ3v) is 4.39. The molecular weight excluding hydrogens is 242 g/mol. The topological polar surface area (TPSA) is 81.1 Å². The Morgan fingerprint density at radius 2 is 2.24 bits per heavy atom. The third kappa shape index (κ3) is 4.18. The molecule has 0 aliphatic carbocycles. The largest absolute Gasteiger partial charge is 0.274 e. The van der Waals surface area contributed by atoms with Gasteiger partial charge < -0.3 is 0 Å². The zero-order valence-electron chi connectivity index (χ0n) is 9.96. The van der Waals surface area contributed by atoms with Gasteiger partial charge in [0.2, 0.25) is 15.9 Å². The first-order chi connectivity index (χ1) is 7.95. The molecule has 0 fully saturated rings. The first-order valence-electron chi connectivity index (χ1n) is 5.47. The molecule has 0 aromatic carbocycles. The zero-order chi connectivity index (χ0) is 12.9. The SMILES string of the molecule is CC[C@@H](C)S(=O)(=O)NC(=O)CCn1cccn1. The summed E-state index contributed by atoms with van der Waals surface area (Å²) in [5, 5.41) is 3.36. The summed E-state index contributed by atoms with van der Waals surface area (Å²) in [5.74, 6) is -0.499. The molecule has 1 atom stereocenters. The van der Waals surface area contributed by atoms with E-state index >= 15 is 0 Å². The van der Waals surface area contributed by atoms with Crippen molar-refractivity contribution in [2.75, 3.05) is 0 Å². The van der Waals surface area contributed by atoms with Crippen molar-refractivity contribution in [1.29, 1.82) is 0 Å². The molecule has 0 aliphatic heterocycles. The van der Waals surface area contributed by atoms with Gasteiger partial charge in [-0.05, 0) is 19.4 Å². The minimum atomic E-state index is -3.53. The first kappa shape index (κ1) is 13.7. The average molecular weight is 259 g/mol. The van der Waals surface area contributed by atoms with Crippen LogP contribution in [-0.4, -0.2) is 29.4 Å². The quantitative estimate of drug-likeness (QED) is 0.807. The number of aromatic nitrogens is 2. The van der Waals surface area contributed by atoms with Crippen LogP contribution >= 0.6 is 0 Å². The normalized spacial score (nSPS) is 13.3. The summed E-state index contributed by atoms with van der Waals surface area (Å²) in [7, 11) is -3.53. The van der Waals surface area contributed by atoms with Gasteiger partial charge in [-0.1, -0.05) is 6.92 Å². The fourth-order valence-corrected chi connectivity index (χ4v) is 2.24. The van der Waals surface area contributed by atoms with E-state index < -0.39 is 21.2 Å². The number of hydrogen-bond donors (Lipinski definition) is 1. The number of nitrogens with zero attached hydrogens (tertiary/aromatic N) is 2. The van der Waals surface area contributed by atoms with Crippen molar-refractivity contribution in [2.24, 2.45) is 0 Å². The van der Waals surface area contributed by atoms with Crippen molar-refractivity contribution < 1.29 is 13.2 Å². The first-order valence-corrected chi connectivity index (χ1v) is 7.02. The van der Waals surface area contributed by atoms with Crippen molar-refractivity contribution in [3.05, 3.63) is 18.5 Å². The van der Waals surface area contributed by atoms with Gasteiger partial charge in [0, 0.05) is 25.4 Å². The summed E-state index contributed by atoms with van der Waals surface area (Å²) in [6.45, 7) is 3.70. The summed E-state index contributed by atoms with van der Waals surface area (Å²) in [5.41, 5.74) is 0. The molecule has 17 heavy (non-hydrogen) atoms. The Morgan fingerprint density at radius 3 is 2.76 bits per heavy atom. The standard InChI is InChI=1S/C10H17N3O3S/c1-3-9(2)17(15,16)12-10(14)5-8-13-7-4-6-11-13/h4,6-7,9H,3,5,8H2,1-2H3,(H,12,14)/t9-/m1/s1. The van der Waals surface area contributed by atoms with Gasteiger partial charge in [0.1, 0.15) is 0 Å². The maximum atomic E-state index is 11.6. The Kier molecular flexibility index (Phi) is 4.68. The number of nitrogens with one attached hydrogen (secondary N) is 1. The van der Waals surface area contributed by atoms with Crippen LogP contribution in [0.4, 0.5) is 0 Å². The van der Waals surface area contributed by atoms with Crippen LogP contribution in [-0.2, 0) is 21.4 Å². The molecule has 1 amide bonds. The molecule has 1 N–H and O–H groups in total. The van der Waals surface area contributed by atoms with Crippen LogP contribution in [0.25, 0.3) is 0 Å². The molecule has 6 nitrogen and oxygen atoms in total. The van der Waals surface area contributed by atoms with Gasteiger partial charge in [0.25, 0.3) is 0 Å². The van der Waals surface area contributed by atoms with Crippen LogP contribution in [0.3, 0.4) is 0 Å². The number of carbonyl (C=O) groups excluding carboxylic acids is 1. The van der Waals surface area contributed by atoms with Crippen molar-refractivity contribution in [1.82, 2.24) is 14.5 Å². The van der Waals surface area contributed by atoms with Crippen LogP contribution in [0, 0.1) is 0 Å². The van der Waals surface area contributed by atoms with E-state index in [0.717, 1.165) is 0 Å². The van der Waals surface area contributed by atoms with E-state index in [9.17, 15) is 13.2 Å². The second kappa shape index (κ2) is 5.81. The maximum Gasteiger partial charge on any atom is 0.237 e. The van der Waals surface area contributed by atoms with Crippen LogP contribution in [0.5, 0.6) is 0 Å². The smallest absolute Gasteiger partial charge is 0.237 e. The van der Waals surface area contributed by atoms with Crippen molar-refractivity contribution >= 4 is 15.9 Å². The molecule has 1 aromatic heterocycles. The lowest BCUT2D eigenvalue weighted by molar-refractivity contribution is -0.119. The molecule has 96 valence electrons. The van der Waals surface area contributed by atoms with Crippen molar-refractivity contribution in [3.63, 3.8) is 0 Å². The minimum Gasteiger partial charge on any atom is -0.274 e. The second-order valence-corrected chi connectivity index (χ2v) is 5.91. The highest BCUT2D eigenvalue weighted by molar-refractivity contribution is 7.90. The predicted octanol–water partition coefficient (Wildman–Crippen LogP) is 0.518. The Bertz CT molecular complexity index is 453. The minimum absolute atomic E-state index is 0.0946. The van der Waals surface area contributed by atoms with E-state index in [4.69, 9.17) is 0 Å². The van der Waals surface area contributed by atoms with Gasteiger partial charge in [0.05, 0.1) is 5.25 Å². The van der Waals surface area contributed by atoms with Crippen LogP contribution in [0.15, 0.2) is 18.5 Å². The number of rotatable bonds is 6. The summed E-state index contributed by atoms with van der Waals surface area (Å²) < 4.78 is 26.8. The van der Waals surface area contributed by atoms with Gasteiger partial charge >= 0.3 is 0 Å². The molecule has 0 saturated heterocycles. The summed E-state index contributed by atoms with van der Waals surface area (Å²) in [6.07, 6.45) is 3.89. The lowest BCUT2D eigenvalue weighted by Crippen LogP contribution is -2.37. The van der Waals surface area contributed by atoms with Crippen LogP contribution < -0.4 is 4.72 Å². The maximum absolute atomic E-state index is 11.6. The molecule has 1 rings (SSSR count). The molecule has 0 aliphatic rings. The summed E-state index contributed by atoms with van der Waals surface area (Å²) in [4.78, 5) is 11.4. The number of sulfonamides is 1.